The zero-order chi connectivity index (χ0) is 23.1. The van der Waals surface area contributed by atoms with Crippen LogP contribution in [0.15, 0.2) is 53.6 Å². The van der Waals surface area contributed by atoms with E-state index >= 15 is 0 Å². The summed E-state index contributed by atoms with van der Waals surface area (Å²) in [7, 11) is -4.24. The Labute approximate surface area is 173 Å². The van der Waals surface area contributed by atoms with Crippen molar-refractivity contribution >= 4 is 27.9 Å². The number of benzene rings is 1. The number of amides is 1. The number of rotatable bonds is 9. The Morgan fingerprint density at radius 2 is 1.83 bits per heavy atom. The van der Waals surface area contributed by atoms with E-state index in [1.165, 1.54) is 0 Å². The molecule has 0 saturated carbocycles. The molecule has 164 valence electrons. The Morgan fingerprint density at radius 3 is 2.30 bits per heavy atom. The molecule has 0 aliphatic carbocycles. The van der Waals surface area contributed by atoms with Gasteiger partial charge in [-0.05, 0) is 38.5 Å². The van der Waals surface area contributed by atoms with Crippen LogP contribution in [0.1, 0.15) is 20.8 Å². The van der Waals surface area contributed by atoms with Gasteiger partial charge in [-0.15, -0.1) is 0 Å². The number of carboxylic acid groups (broad SMARTS) is 1. The van der Waals surface area contributed by atoms with Gasteiger partial charge in [0.2, 0.25) is 0 Å². The molecule has 30 heavy (non-hydrogen) atoms. The lowest BCUT2D eigenvalue weighted by molar-refractivity contribution is -0.384. The number of carbonyl (C=O) groups is 2. The topological polar surface area (TPSA) is 153 Å². The second-order valence-electron chi connectivity index (χ2n) is 6.98. The highest BCUT2D eigenvalue weighted by molar-refractivity contribution is 7.86. The summed E-state index contributed by atoms with van der Waals surface area (Å²) in [4.78, 5) is 33.3. The Hall–Kier alpha value is -3.25. The lowest BCUT2D eigenvalue weighted by Crippen LogP contribution is -2.28. The van der Waals surface area contributed by atoms with Crippen molar-refractivity contribution < 1.29 is 37.0 Å². The highest BCUT2D eigenvalue weighted by Gasteiger charge is 2.19. The van der Waals surface area contributed by atoms with Crippen molar-refractivity contribution in [1.82, 2.24) is 4.90 Å². The minimum Gasteiger partial charge on any atom is -0.465 e. The van der Waals surface area contributed by atoms with Crippen LogP contribution in [0.4, 0.5) is 10.5 Å². The quantitative estimate of drug-likeness (QED) is 0.152. The van der Waals surface area contributed by atoms with Crippen LogP contribution < -0.4 is 0 Å². The summed E-state index contributed by atoms with van der Waals surface area (Å²) in [6.07, 6.45) is 0.474. The summed E-state index contributed by atoms with van der Waals surface area (Å²) in [5.41, 5.74) is -0.956. The third-order valence-electron chi connectivity index (χ3n) is 3.19. The molecule has 1 rings (SSSR count). The number of esters is 1. The largest absolute Gasteiger partial charge is 0.465 e. The standard InChI is InChI=1S/C18H22N2O9S/c1-13(11-19(17(22)23)10-9-16(21)29-18(2,3)4)12-28-30(26,27)15-7-5-14(6-8-15)20(24)25/h5-10H,1,11-12H2,2-4H3,(H,22,23)/b10-9+. The van der Waals surface area contributed by atoms with Crippen LogP contribution in [-0.2, 0) is 23.8 Å². The highest BCUT2D eigenvalue weighted by atomic mass is 32.2. The number of nitro benzene ring substituents is 1. The molecule has 0 unspecified atom stereocenters. The van der Waals surface area contributed by atoms with Crippen molar-refractivity contribution in [2.45, 2.75) is 31.3 Å². The van der Waals surface area contributed by atoms with Crippen LogP contribution >= 0.6 is 0 Å². The Balaban J connectivity index is 2.72. The number of hydrogen-bond donors (Lipinski definition) is 1. The summed E-state index contributed by atoms with van der Waals surface area (Å²) in [5, 5.41) is 19.8. The molecule has 0 heterocycles. The first kappa shape index (κ1) is 24.8. The second kappa shape index (κ2) is 9.98. The van der Waals surface area contributed by atoms with Crippen LogP contribution in [0.5, 0.6) is 0 Å². The zero-order valence-electron chi connectivity index (χ0n) is 16.6. The van der Waals surface area contributed by atoms with Crippen molar-refractivity contribution in [3.05, 3.63) is 58.8 Å². The normalized spacial score (nSPS) is 11.8. The summed E-state index contributed by atoms with van der Waals surface area (Å²) >= 11 is 0. The molecule has 0 bridgehead atoms. The molecule has 11 nitrogen and oxygen atoms in total. The number of non-ortho nitro benzene ring substituents is 1. The van der Waals surface area contributed by atoms with E-state index in [-0.39, 0.29) is 22.7 Å². The van der Waals surface area contributed by atoms with Gasteiger partial charge in [-0.1, -0.05) is 6.58 Å². The number of ether oxygens (including phenoxy) is 1. The van der Waals surface area contributed by atoms with Crippen LogP contribution in [-0.4, -0.2) is 54.2 Å². The molecule has 1 aromatic rings. The maximum absolute atomic E-state index is 12.1. The van der Waals surface area contributed by atoms with Gasteiger partial charge in [0.05, 0.1) is 23.0 Å². The van der Waals surface area contributed by atoms with E-state index in [0.717, 1.165) is 36.5 Å². The molecule has 0 spiro atoms. The van der Waals surface area contributed by atoms with Gasteiger partial charge in [0.25, 0.3) is 15.8 Å². The van der Waals surface area contributed by atoms with Crippen LogP contribution in [0.2, 0.25) is 0 Å². The molecule has 0 aliphatic heterocycles. The number of nitrogens with zero attached hydrogens (tertiary/aromatic N) is 2. The fourth-order valence-electron chi connectivity index (χ4n) is 1.92. The lowest BCUT2D eigenvalue weighted by Gasteiger charge is -2.19. The third kappa shape index (κ3) is 8.41. The average molecular weight is 442 g/mol. The molecule has 12 heteroatoms. The van der Waals surface area contributed by atoms with E-state index < -0.39 is 39.3 Å². The van der Waals surface area contributed by atoms with E-state index in [4.69, 9.17) is 8.92 Å². The lowest BCUT2D eigenvalue weighted by atomic mass is 10.2. The third-order valence-corrected chi connectivity index (χ3v) is 4.47. The summed E-state index contributed by atoms with van der Waals surface area (Å²) in [6, 6.07) is 4.06. The molecule has 0 aliphatic rings. The monoisotopic (exact) mass is 442 g/mol. The van der Waals surface area contributed by atoms with Gasteiger partial charge < -0.3 is 9.84 Å². The molecule has 0 atom stereocenters. The second-order valence-corrected chi connectivity index (χ2v) is 8.59. The van der Waals surface area contributed by atoms with Gasteiger partial charge in [-0.25, -0.2) is 9.59 Å². The van der Waals surface area contributed by atoms with Crippen LogP contribution in [0.3, 0.4) is 0 Å². The molecule has 1 amide bonds. The molecular weight excluding hydrogens is 420 g/mol. The van der Waals surface area contributed by atoms with E-state index in [2.05, 4.69) is 6.58 Å². The average Bonchev–Trinajstić information content (AvgIpc) is 2.62. The molecular formula is C18H22N2O9S. The first-order valence-electron chi connectivity index (χ1n) is 8.42. The van der Waals surface area contributed by atoms with Crippen LogP contribution in [0, 0.1) is 10.1 Å². The van der Waals surface area contributed by atoms with Gasteiger partial charge in [0.1, 0.15) is 5.60 Å². The molecule has 1 N–H and O–H groups in total. The Morgan fingerprint density at radius 1 is 1.27 bits per heavy atom. The van der Waals surface area contributed by atoms with E-state index in [0.29, 0.717) is 4.90 Å². The fraction of sp³-hybridized carbons (Fsp3) is 0.333. The van der Waals surface area contributed by atoms with Crippen molar-refractivity contribution in [2.24, 2.45) is 0 Å². The minimum atomic E-state index is -4.24. The van der Waals surface area contributed by atoms with E-state index in [9.17, 15) is 33.2 Å². The van der Waals surface area contributed by atoms with Crippen molar-refractivity contribution in [3.63, 3.8) is 0 Å². The van der Waals surface area contributed by atoms with Gasteiger partial charge in [-0.3, -0.25) is 19.2 Å². The highest BCUT2D eigenvalue weighted by Crippen LogP contribution is 2.18. The van der Waals surface area contributed by atoms with Gasteiger partial charge in [-0.2, -0.15) is 8.42 Å². The molecule has 0 radical (unpaired) electrons. The SMILES string of the molecule is C=C(COS(=O)(=O)c1ccc([N+](=O)[O-])cc1)CN(/C=C/C(=O)OC(C)(C)C)C(=O)O. The Kier molecular flexibility index (Phi) is 8.25. The number of nitro groups is 1. The minimum absolute atomic E-state index is 0.0803. The molecule has 1 aromatic carbocycles. The summed E-state index contributed by atoms with van der Waals surface area (Å²) in [5.74, 6) is -0.753. The number of carbonyl (C=O) groups excluding carboxylic acids is 1. The van der Waals surface area contributed by atoms with Gasteiger partial charge in [0.15, 0.2) is 0 Å². The first-order valence-corrected chi connectivity index (χ1v) is 9.83. The molecule has 0 fully saturated rings. The van der Waals surface area contributed by atoms with Crippen molar-refractivity contribution in [1.29, 1.82) is 0 Å². The van der Waals surface area contributed by atoms with Gasteiger partial charge >= 0.3 is 12.1 Å². The smallest absolute Gasteiger partial charge is 0.411 e. The maximum atomic E-state index is 12.1. The van der Waals surface area contributed by atoms with Crippen molar-refractivity contribution in [3.8, 4) is 0 Å². The summed E-state index contributed by atoms with van der Waals surface area (Å²) in [6.45, 7) is 7.64. The Bertz CT molecular complexity index is 945. The summed E-state index contributed by atoms with van der Waals surface area (Å²) < 4.78 is 34.1. The fourth-order valence-corrected chi connectivity index (χ4v) is 2.85. The maximum Gasteiger partial charge on any atom is 0.411 e. The van der Waals surface area contributed by atoms with Crippen molar-refractivity contribution in [2.75, 3.05) is 13.2 Å². The van der Waals surface area contributed by atoms with Gasteiger partial charge in [0, 0.05) is 24.4 Å². The number of hydrogen-bond acceptors (Lipinski definition) is 8. The predicted molar refractivity (Wildman–Crippen MR) is 105 cm³/mol. The van der Waals surface area contributed by atoms with E-state index in [1.807, 2.05) is 0 Å². The zero-order valence-corrected chi connectivity index (χ0v) is 17.4. The van der Waals surface area contributed by atoms with Crippen LogP contribution in [0.25, 0.3) is 0 Å². The molecule has 0 aromatic heterocycles. The molecule has 0 saturated heterocycles. The first-order chi connectivity index (χ1) is 13.7. The predicted octanol–water partition coefficient (Wildman–Crippen LogP) is 2.69. The van der Waals surface area contributed by atoms with E-state index in [1.54, 1.807) is 20.8 Å².